The Hall–Kier alpha value is -1.07. The van der Waals surface area contributed by atoms with Gasteiger partial charge < -0.3 is 5.32 Å². The van der Waals surface area contributed by atoms with Crippen LogP contribution in [0.1, 0.15) is 35.4 Å². The van der Waals surface area contributed by atoms with Crippen LogP contribution in [0.15, 0.2) is 16.4 Å². The number of carbonyl (C=O) groups is 1. The van der Waals surface area contributed by atoms with Crippen molar-refractivity contribution >= 4 is 29.0 Å². The molecule has 1 aromatic rings. The molecule has 0 radical (unpaired) electrons. The van der Waals surface area contributed by atoms with Crippen LogP contribution in [0.4, 0.5) is 0 Å². The van der Waals surface area contributed by atoms with Crippen LogP contribution in [0.25, 0.3) is 0 Å². The van der Waals surface area contributed by atoms with E-state index in [0.717, 1.165) is 30.8 Å². The number of rotatable bonds is 4. The summed E-state index contributed by atoms with van der Waals surface area (Å²) in [7, 11) is 0. The van der Waals surface area contributed by atoms with Crippen LogP contribution in [0, 0.1) is 0 Å². The molecule has 1 aliphatic rings. The number of halogens is 1. The summed E-state index contributed by atoms with van der Waals surface area (Å²) < 4.78 is 2.43. The highest BCUT2D eigenvalue weighted by atomic mass is 35.5. The van der Waals surface area contributed by atoms with Gasteiger partial charge in [-0.05, 0) is 25.7 Å². The predicted octanol–water partition coefficient (Wildman–Crippen LogP) is 2.32. The van der Waals surface area contributed by atoms with Crippen molar-refractivity contribution in [1.29, 1.82) is 0 Å². The van der Waals surface area contributed by atoms with Gasteiger partial charge >= 0.3 is 0 Å². The molecule has 0 fully saturated rings. The molecule has 17 heavy (non-hydrogen) atoms. The molecule has 1 aliphatic carbocycles. The molecule has 1 amide bonds. The number of hydrogen-bond acceptors (Lipinski definition) is 3. The van der Waals surface area contributed by atoms with E-state index in [1.54, 1.807) is 0 Å². The number of carbonyl (C=O) groups excluding carboxylic acids is 1. The first-order valence-electron chi connectivity index (χ1n) is 5.51. The van der Waals surface area contributed by atoms with E-state index in [0.29, 0.717) is 6.54 Å². The largest absolute Gasteiger partial charge is 0.351 e. The lowest BCUT2D eigenvalue weighted by molar-refractivity contribution is 0.0958. The zero-order chi connectivity index (χ0) is 12.3. The Morgan fingerprint density at radius 3 is 3.00 bits per heavy atom. The minimum Gasteiger partial charge on any atom is -0.351 e. The van der Waals surface area contributed by atoms with E-state index in [1.165, 1.54) is 12.0 Å². The molecular weight excluding hydrogens is 260 g/mol. The Bertz CT molecular complexity index is 504. The fourth-order valence-corrected chi connectivity index (χ4v) is 2.77. The van der Waals surface area contributed by atoms with E-state index < -0.39 is 5.56 Å². The maximum atomic E-state index is 11.7. The number of hydrogen-bond donors (Lipinski definition) is 2. The van der Waals surface area contributed by atoms with Crippen molar-refractivity contribution in [2.24, 2.45) is 0 Å². The molecule has 0 saturated carbocycles. The molecule has 0 unspecified atom stereocenters. The highest BCUT2D eigenvalue weighted by molar-refractivity contribution is 7.08. The summed E-state index contributed by atoms with van der Waals surface area (Å²) in [5.41, 5.74) is 0.999. The molecular formula is C11H13ClN2O2S. The van der Waals surface area contributed by atoms with E-state index in [-0.39, 0.29) is 15.8 Å². The van der Waals surface area contributed by atoms with Gasteiger partial charge in [-0.15, -0.1) is 0 Å². The molecule has 92 valence electrons. The molecule has 2 N–H and O–H groups in total. The normalized spacial score (nSPS) is 14.8. The third kappa shape index (κ3) is 2.98. The summed E-state index contributed by atoms with van der Waals surface area (Å²) in [5, 5.41) is 2.75. The van der Waals surface area contributed by atoms with Gasteiger partial charge in [-0.3, -0.25) is 14.0 Å². The first kappa shape index (κ1) is 12.4. The lowest BCUT2D eigenvalue weighted by atomic mass is 10.2. The highest BCUT2D eigenvalue weighted by Gasteiger charge is 2.15. The monoisotopic (exact) mass is 272 g/mol. The molecule has 4 nitrogen and oxygen atoms in total. The molecule has 0 saturated heterocycles. The maximum Gasteiger partial charge on any atom is 0.277 e. The summed E-state index contributed by atoms with van der Waals surface area (Å²) in [4.78, 5) is 23.0. The van der Waals surface area contributed by atoms with Crippen LogP contribution in [-0.4, -0.2) is 16.8 Å². The molecule has 0 aliphatic heterocycles. The number of nitrogens with one attached hydrogen (secondary N) is 2. The van der Waals surface area contributed by atoms with E-state index in [2.05, 4.69) is 15.8 Å². The number of aromatic amines is 1. The van der Waals surface area contributed by atoms with Crippen LogP contribution in [0.3, 0.4) is 0 Å². The van der Waals surface area contributed by atoms with Crippen molar-refractivity contribution in [3.8, 4) is 0 Å². The lowest BCUT2D eigenvalue weighted by Crippen LogP contribution is -2.24. The average Bonchev–Trinajstić information content (AvgIpc) is 2.91. The van der Waals surface area contributed by atoms with Gasteiger partial charge in [0.1, 0.15) is 9.90 Å². The summed E-state index contributed by atoms with van der Waals surface area (Å²) in [6, 6.07) is 0. The first-order valence-corrected chi connectivity index (χ1v) is 6.71. The average molecular weight is 273 g/mol. The standard InChI is InChI=1S/C11H13ClN2O2S/c12-8-9(17-14-10(8)15)11(16)13-6-5-7-3-1-2-4-7/h3H,1-2,4-6H2,(H,13,16)(H,14,15). The van der Waals surface area contributed by atoms with Crippen molar-refractivity contribution in [3.05, 3.63) is 31.9 Å². The third-order valence-electron chi connectivity index (χ3n) is 2.72. The summed E-state index contributed by atoms with van der Waals surface area (Å²) in [5.74, 6) is -0.281. The predicted molar refractivity (Wildman–Crippen MR) is 68.8 cm³/mol. The smallest absolute Gasteiger partial charge is 0.277 e. The van der Waals surface area contributed by atoms with Crippen molar-refractivity contribution in [1.82, 2.24) is 9.69 Å². The Balaban J connectivity index is 1.85. The van der Waals surface area contributed by atoms with Gasteiger partial charge in [-0.2, -0.15) is 0 Å². The fourth-order valence-electron chi connectivity index (χ4n) is 1.82. The number of amides is 1. The van der Waals surface area contributed by atoms with Crippen LogP contribution >= 0.6 is 23.1 Å². The minimum absolute atomic E-state index is 0.0208. The maximum absolute atomic E-state index is 11.7. The molecule has 0 atom stereocenters. The molecule has 0 spiro atoms. The van der Waals surface area contributed by atoms with Crippen LogP contribution < -0.4 is 10.9 Å². The van der Waals surface area contributed by atoms with E-state index >= 15 is 0 Å². The second-order valence-corrected chi connectivity index (χ2v) is 5.13. The first-order chi connectivity index (χ1) is 8.18. The quantitative estimate of drug-likeness (QED) is 0.827. The topological polar surface area (TPSA) is 62.0 Å². The second kappa shape index (κ2) is 5.51. The molecule has 1 heterocycles. The third-order valence-corrected chi connectivity index (χ3v) is 4.07. The molecule has 0 aromatic carbocycles. The molecule has 2 rings (SSSR count). The Kier molecular flexibility index (Phi) is 4.02. The Morgan fingerprint density at radius 2 is 2.41 bits per heavy atom. The zero-order valence-electron chi connectivity index (χ0n) is 9.22. The van der Waals surface area contributed by atoms with Crippen LogP contribution in [0.5, 0.6) is 0 Å². The SMILES string of the molecule is O=C(NCCC1=CCCC1)c1s[nH]c(=O)c1Cl. The molecule has 6 heteroatoms. The molecule has 0 bridgehead atoms. The second-order valence-electron chi connectivity index (χ2n) is 3.94. The summed E-state index contributed by atoms with van der Waals surface area (Å²) in [6.07, 6.45) is 6.60. The summed E-state index contributed by atoms with van der Waals surface area (Å²) in [6.45, 7) is 0.590. The van der Waals surface area contributed by atoms with E-state index in [9.17, 15) is 9.59 Å². The van der Waals surface area contributed by atoms with E-state index in [4.69, 9.17) is 11.6 Å². The van der Waals surface area contributed by atoms with Gasteiger partial charge in [-0.1, -0.05) is 34.8 Å². The summed E-state index contributed by atoms with van der Waals surface area (Å²) >= 11 is 6.67. The van der Waals surface area contributed by atoms with Gasteiger partial charge in [0.15, 0.2) is 0 Å². The number of aromatic nitrogens is 1. The van der Waals surface area contributed by atoms with Crippen molar-refractivity contribution in [3.63, 3.8) is 0 Å². The van der Waals surface area contributed by atoms with Crippen molar-refractivity contribution < 1.29 is 4.79 Å². The Labute approximate surface area is 108 Å². The van der Waals surface area contributed by atoms with Crippen LogP contribution in [-0.2, 0) is 0 Å². The number of allylic oxidation sites excluding steroid dienone is 1. The van der Waals surface area contributed by atoms with Gasteiger partial charge in [-0.25, -0.2) is 0 Å². The van der Waals surface area contributed by atoms with Gasteiger partial charge in [0.25, 0.3) is 11.5 Å². The lowest BCUT2D eigenvalue weighted by Gasteiger charge is -2.04. The van der Waals surface area contributed by atoms with Crippen LogP contribution in [0.2, 0.25) is 5.02 Å². The van der Waals surface area contributed by atoms with Crippen molar-refractivity contribution in [2.75, 3.05) is 6.54 Å². The highest BCUT2D eigenvalue weighted by Crippen LogP contribution is 2.20. The van der Waals surface area contributed by atoms with Crippen molar-refractivity contribution in [2.45, 2.75) is 25.7 Å². The number of H-pyrrole nitrogens is 1. The Morgan fingerprint density at radius 1 is 1.59 bits per heavy atom. The minimum atomic E-state index is -0.402. The van der Waals surface area contributed by atoms with Gasteiger partial charge in [0.2, 0.25) is 0 Å². The zero-order valence-corrected chi connectivity index (χ0v) is 10.8. The van der Waals surface area contributed by atoms with Gasteiger partial charge in [0, 0.05) is 6.54 Å². The van der Waals surface area contributed by atoms with Gasteiger partial charge in [0.05, 0.1) is 0 Å². The molecule has 1 aromatic heterocycles. The van der Waals surface area contributed by atoms with E-state index in [1.807, 2.05) is 0 Å². The fraction of sp³-hybridized carbons (Fsp3) is 0.455.